The summed E-state index contributed by atoms with van der Waals surface area (Å²) in [5.41, 5.74) is 9.38. The van der Waals surface area contributed by atoms with E-state index in [4.69, 9.17) is 20.5 Å². The molecule has 232 valence electrons. The zero-order valence-corrected chi connectivity index (χ0v) is 27.1. The molecule has 1 aliphatic carbocycles. The van der Waals surface area contributed by atoms with Gasteiger partial charge in [0.1, 0.15) is 22.7 Å². The Morgan fingerprint density at radius 3 is 2.19 bits per heavy atom. The Morgan fingerprint density at radius 2 is 1.44 bits per heavy atom. The molecular weight excluding hydrogens is 590 g/mol. The molecule has 0 N–H and O–H groups in total. The van der Waals surface area contributed by atoms with Crippen LogP contribution < -0.4 is 9.47 Å². The van der Waals surface area contributed by atoms with E-state index in [1.54, 1.807) is 7.11 Å². The molecule has 2 aliphatic rings. The van der Waals surface area contributed by atoms with Crippen molar-refractivity contribution >= 4 is 44.5 Å². The first-order valence-electron chi connectivity index (χ1n) is 16.6. The second-order valence-corrected chi connectivity index (χ2v) is 12.9. The highest BCUT2D eigenvalue weighted by atomic mass is 16.5. The SMILES string of the molecule is [C-]#[N+]c1ccc2c(c1)C(CC)(CC)c1c3c(c4ccccc4c1-2)OC(c1ccc(OC)cc1)(c1ccc2oc4ccccc4c2c1)C=C3. The van der Waals surface area contributed by atoms with Crippen LogP contribution >= 0.6 is 0 Å². The molecule has 48 heavy (non-hydrogen) atoms. The number of para-hydroxylation sites is 1. The fraction of sp³-hybridized carbons (Fsp3) is 0.159. The summed E-state index contributed by atoms with van der Waals surface area (Å²) in [5.74, 6) is 1.67. The Bertz CT molecular complexity index is 2510. The van der Waals surface area contributed by atoms with Gasteiger partial charge in [0.25, 0.3) is 0 Å². The maximum atomic E-state index is 7.79. The maximum absolute atomic E-state index is 7.79. The summed E-state index contributed by atoms with van der Waals surface area (Å²) in [5, 5.41) is 4.38. The molecule has 0 saturated carbocycles. The van der Waals surface area contributed by atoms with Gasteiger partial charge < -0.3 is 13.9 Å². The highest BCUT2D eigenvalue weighted by Crippen LogP contribution is 2.60. The van der Waals surface area contributed by atoms with E-state index in [1.807, 2.05) is 30.3 Å². The number of furan rings is 1. The zero-order chi connectivity index (χ0) is 32.6. The van der Waals surface area contributed by atoms with Gasteiger partial charge in [-0.25, -0.2) is 4.85 Å². The van der Waals surface area contributed by atoms with Crippen molar-refractivity contribution in [2.75, 3.05) is 7.11 Å². The summed E-state index contributed by atoms with van der Waals surface area (Å²) < 4.78 is 19.3. The van der Waals surface area contributed by atoms with Crippen molar-refractivity contribution in [2.24, 2.45) is 0 Å². The first-order chi connectivity index (χ1) is 23.5. The van der Waals surface area contributed by atoms with Gasteiger partial charge in [0, 0.05) is 38.3 Å². The number of hydrogen-bond donors (Lipinski definition) is 0. The van der Waals surface area contributed by atoms with Crippen molar-refractivity contribution in [2.45, 2.75) is 37.7 Å². The number of benzene rings is 6. The number of nitrogens with zero attached hydrogens (tertiary/aromatic N) is 1. The summed E-state index contributed by atoms with van der Waals surface area (Å²) in [6, 6.07) is 37.7. The monoisotopic (exact) mass is 623 g/mol. The van der Waals surface area contributed by atoms with Crippen molar-refractivity contribution in [3.05, 3.63) is 155 Å². The number of hydrogen-bond acceptors (Lipinski definition) is 3. The van der Waals surface area contributed by atoms with Gasteiger partial charge in [-0.05, 0) is 76.9 Å². The van der Waals surface area contributed by atoms with Crippen molar-refractivity contribution in [3.63, 3.8) is 0 Å². The first-order valence-corrected chi connectivity index (χ1v) is 16.6. The smallest absolute Gasteiger partial charge is 0.187 e. The van der Waals surface area contributed by atoms with Gasteiger partial charge in [0.05, 0.1) is 13.7 Å². The summed E-state index contributed by atoms with van der Waals surface area (Å²) in [6.45, 7) is 12.3. The van der Waals surface area contributed by atoms with Crippen LogP contribution in [-0.4, -0.2) is 7.11 Å². The molecule has 7 aromatic rings. The minimum atomic E-state index is -0.924. The van der Waals surface area contributed by atoms with Crippen LogP contribution in [0.2, 0.25) is 0 Å². The van der Waals surface area contributed by atoms with Crippen molar-refractivity contribution < 1.29 is 13.9 Å². The van der Waals surface area contributed by atoms with Crippen LogP contribution in [0.5, 0.6) is 11.5 Å². The molecular formula is C44H33NO3. The molecule has 1 aliphatic heterocycles. The molecule has 1 unspecified atom stereocenters. The third-order valence-electron chi connectivity index (χ3n) is 10.9. The Balaban J connectivity index is 1.35. The Labute approximate surface area is 279 Å². The van der Waals surface area contributed by atoms with E-state index < -0.39 is 5.60 Å². The van der Waals surface area contributed by atoms with Gasteiger partial charge in [-0.3, -0.25) is 0 Å². The lowest BCUT2D eigenvalue weighted by atomic mass is 9.71. The standard InChI is InChI=1S/C44H33NO3/c1-5-43(6-2)37-26-29(45-3)18-21-34(37)40-32-12-7-8-13-33(32)42-35(41(40)43)23-24-44(48-42,27-15-19-30(46-4)20-16-27)28-17-22-39-36(25-28)31-11-9-10-14-38(31)47-39/h7-26H,5-6H2,1-2,4H3. The highest BCUT2D eigenvalue weighted by molar-refractivity contribution is 6.09. The minimum absolute atomic E-state index is 0.248. The van der Waals surface area contributed by atoms with Crippen LogP contribution in [0.1, 0.15) is 54.5 Å². The first kappa shape index (κ1) is 28.4. The molecule has 0 fully saturated rings. The molecule has 0 amide bonds. The molecule has 0 bridgehead atoms. The lowest BCUT2D eigenvalue weighted by Crippen LogP contribution is -2.35. The molecule has 2 heterocycles. The molecule has 9 rings (SSSR count). The van der Waals surface area contributed by atoms with Crippen molar-refractivity contribution in [1.29, 1.82) is 0 Å². The van der Waals surface area contributed by atoms with E-state index in [-0.39, 0.29) is 5.41 Å². The molecule has 4 nitrogen and oxygen atoms in total. The van der Waals surface area contributed by atoms with Crippen LogP contribution in [0.15, 0.2) is 120 Å². The quantitative estimate of drug-likeness (QED) is 0.179. The van der Waals surface area contributed by atoms with Crippen LogP contribution in [-0.2, 0) is 11.0 Å². The van der Waals surface area contributed by atoms with Gasteiger partial charge in [-0.15, -0.1) is 0 Å². The molecule has 0 saturated heterocycles. The van der Waals surface area contributed by atoms with E-state index in [1.165, 1.54) is 27.6 Å². The lowest BCUT2D eigenvalue weighted by Gasteiger charge is -2.39. The zero-order valence-electron chi connectivity index (χ0n) is 27.1. The second kappa shape index (κ2) is 10.4. The molecule has 1 aromatic heterocycles. The Hall–Kier alpha value is -5.79. The summed E-state index contributed by atoms with van der Waals surface area (Å²) in [4.78, 5) is 3.83. The molecule has 6 aromatic carbocycles. The lowest BCUT2D eigenvalue weighted by molar-refractivity contribution is 0.163. The van der Waals surface area contributed by atoms with E-state index in [0.29, 0.717) is 5.69 Å². The van der Waals surface area contributed by atoms with Gasteiger partial charge in [0.2, 0.25) is 0 Å². The summed E-state index contributed by atoms with van der Waals surface area (Å²) in [6.07, 6.45) is 6.36. The summed E-state index contributed by atoms with van der Waals surface area (Å²) >= 11 is 0. The van der Waals surface area contributed by atoms with Gasteiger partial charge in [-0.1, -0.05) is 98.8 Å². The van der Waals surface area contributed by atoms with Crippen molar-refractivity contribution in [3.8, 4) is 22.6 Å². The molecule has 4 heteroatoms. The number of ether oxygens (including phenoxy) is 2. The third kappa shape index (κ3) is 3.70. The maximum Gasteiger partial charge on any atom is 0.187 e. The minimum Gasteiger partial charge on any atom is -0.497 e. The number of fused-ring (bicyclic) bond motifs is 11. The molecule has 1 atom stereocenters. The summed E-state index contributed by atoms with van der Waals surface area (Å²) in [7, 11) is 1.69. The highest BCUT2D eigenvalue weighted by Gasteiger charge is 2.47. The predicted molar refractivity (Wildman–Crippen MR) is 194 cm³/mol. The van der Waals surface area contributed by atoms with Crippen LogP contribution in [0.25, 0.3) is 54.8 Å². The van der Waals surface area contributed by atoms with Gasteiger partial charge >= 0.3 is 0 Å². The normalized spacial score (nSPS) is 17.1. The predicted octanol–water partition coefficient (Wildman–Crippen LogP) is 11.7. The average molecular weight is 624 g/mol. The van der Waals surface area contributed by atoms with Crippen molar-refractivity contribution in [1.82, 2.24) is 0 Å². The second-order valence-electron chi connectivity index (χ2n) is 12.9. The fourth-order valence-corrected chi connectivity index (χ4v) is 8.48. The largest absolute Gasteiger partial charge is 0.497 e. The topological polar surface area (TPSA) is 36.0 Å². The average Bonchev–Trinajstić information content (AvgIpc) is 3.67. The van der Waals surface area contributed by atoms with Gasteiger partial charge in [0.15, 0.2) is 11.3 Å². The Kier molecular flexibility index (Phi) is 6.13. The Morgan fingerprint density at radius 1 is 0.729 bits per heavy atom. The van der Waals surface area contributed by atoms with E-state index in [0.717, 1.165) is 68.4 Å². The molecule has 0 spiro atoms. The fourth-order valence-electron chi connectivity index (χ4n) is 8.48. The van der Waals surface area contributed by atoms with E-state index in [9.17, 15) is 0 Å². The van der Waals surface area contributed by atoms with Crippen LogP contribution in [0.3, 0.4) is 0 Å². The van der Waals surface area contributed by atoms with E-state index in [2.05, 4.69) is 110 Å². The van der Waals surface area contributed by atoms with Crippen LogP contribution in [0.4, 0.5) is 5.69 Å². The van der Waals surface area contributed by atoms with E-state index >= 15 is 0 Å². The number of methoxy groups -OCH3 is 1. The van der Waals surface area contributed by atoms with Gasteiger partial charge in [-0.2, -0.15) is 0 Å². The molecule has 0 radical (unpaired) electrons. The number of rotatable bonds is 5. The third-order valence-corrected chi connectivity index (χ3v) is 10.9. The van der Waals surface area contributed by atoms with Crippen LogP contribution in [0, 0.1) is 6.57 Å².